The molecule has 10 rings (SSSR count). The number of hydrogen-bond acceptors (Lipinski definition) is 6. The first-order valence-electron chi connectivity index (χ1n) is 10.5. The molecule has 0 N–H and O–H groups in total. The minimum atomic E-state index is -1.24. The van der Waals surface area contributed by atoms with Crippen LogP contribution in [-0.4, -0.2) is 34.8 Å². The van der Waals surface area contributed by atoms with E-state index in [-0.39, 0.29) is 11.8 Å². The van der Waals surface area contributed by atoms with Crippen LogP contribution < -0.4 is 0 Å². The van der Waals surface area contributed by atoms with Crippen molar-refractivity contribution in [2.75, 3.05) is 0 Å². The van der Waals surface area contributed by atoms with E-state index >= 15 is 0 Å². The minimum Gasteiger partial charge on any atom is -0.405 e. The first-order chi connectivity index (χ1) is 15.6. The lowest BCUT2D eigenvalue weighted by Crippen LogP contribution is -2.72. The number of aliphatic imine (C=N–C) groups is 2. The Kier molecular flexibility index (Phi) is 3.19. The highest BCUT2D eigenvalue weighted by Crippen LogP contribution is 2.71. The number of carbonyl (C=O) groups is 2. The second-order valence-electron chi connectivity index (χ2n) is 8.53. The van der Waals surface area contributed by atoms with E-state index in [1.807, 2.05) is 84.9 Å². The van der Waals surface area contributed by atoms with E-state index in [9.17, 15) is 9.59 Å². The van der Waals surface area contributed by atoms with Crippen molar-refractivity contribution >= 4 is 23.7 Å². The number of carbonyl (C=O) groups excluding carboxylic acids is 2. The molecule has 0 unspecified atom stereocenters. The predicted octanol–water partition coefficient (Wildman–Crippen LogP) is 3.37. The molecule has 2 aliphatic heterocycles. The average molecular weight is 420 g/mol. The molecule has 1 saturated carbocycles. The van der Waals surface area contributed by atoms with Crippen molar-refractivity contribution in [3.05, 3.63) is 107 Å². The molecule has 2 heterocycles. The summed E-state index contributed by atoms with van der Waals surface area (Å²) in [6.07, 6.45) is 0. The SMILES string of the molecule is O=C1OC(c2ccccc2)=NC12C1c3ccc(cc3)C2C12N=C(c1ccccc1)OC2=O. The predicted molar refractivity (Wildman–Crippen MR) is 116 cm³/mol. The number of benzene rings is 3. The van der Waals surface area contributed by atoms with Crippen LogP contribution in [0.25, 0.3) is 0 Å². The Balaban J connectivity index is 1.43. The molecule has 0 amide bonds. The Labute approximate surface area is 183 Å². The molecule has 7 aliphatic rings. The maximum atomic E-state index is 13.4. The molecule has 3 aromatic carbocycles. The van der Waals surface area contributed by atoms with Crippen molar-refractivity contribution in [2.45, 2.75) is 22.9 Å². The van der Waals surface area contributed by atoms with Gasteiger partial charge in [-0.05, 0) is 35.4 Å². The highest BCUT2D eigenvalue weighted by Gasteiger charge is 2.84. The highest BCUT2D eigenvalue weighted by atomic mass is 16.6. The lowest BCUT2D eigenvalue weighted by molar-refractivity contribution is -0.158. The van der Waals surface area contributed by atoms with E-state index in [2.05, 4.69) is 0 Å². The molecule has 0 aromatic heterocycles. The lowest BCUT2D eigenvalue weighted by Gasteiger charge is -2.56. The third kappa shape index (κ3) is 1.91. The van der Waals surface area contributed by atoms with Gasteiger partial charge in [-0.3, -0.25) is 0 Å². The van der Waals surface area contributed by atoms with E-state index < -0.39 is 34.9 Å². The molecule has 3 aromatic rings. The Hall–Kier alpha value is -4.06. The van der Waals surface area contributed by atoms with Crippen LogP contribution in [0, 0.1) is 0 Å². The van der Waals surface area contributed by atoms with Gasteiger partial charge in [0.15, 0.2) is 11.1 Å². The maximum Gasteiger partial charge on any atom is 0.342 e. The summed E-state index contributed by atoms with van der Waals surface area (Å²) >= 11 is 0. The fraction of sp³-hybridized carbons (Fsp3) is 0.154. The molecular formula is C26H16N2O4. The van der Waals surface area contributed by atoms with Gasteiger partial charge in [0.1, 0.15) is 0 Å². The van der Waals surface area contributed by atoms with Crippen LogP contribution in [0.2, 0.25) is 0 Å². The first kappa shape index (κ1) is 17.6. The fourth-order valence-corrected chi connectivity index (χ4v) is 5.76. The van der Waals surface area contributed by atoms with E-state index in [1.54, 1.807) is 0 Å². The minimum absolute atomic E-state index is 0.279. The van der Waals surface area contributed by atoms with Crippen molar-refractivity contribution in [3.8, 4) is 0 Å². The number of hydrogen-bond donors (Lipinski definition) is 0. The Morgan fingerprint density at radius 3 is 1.31 bits per heavy atom. The summed E-state index contributed by atoms with van der Waals surface area (Å²) in [4.78, 5) is 36.6. The smallest absolute Gasteiger partial charge is 0.342 e. The zero-order valence-corrected chi connectivity index (χ0v) is 16.8. The van der Waals surface area contributed by atoms with Gasteiger partial charge in [0.2, 0.25) is 11.8 Å². The summed E-state index contributed by atoms with van der Waals surface area (Å²) in [5.41, 5.74) is 0.622. The average Bonchev–Trinajstić information content (AvgIpc) is 3.15. The summed E-state index contributed by atoms with van der Waals surface area (Å²) in [6.45, 7) is 0. The first-order valence-corrected chi connectivity index (χ1v) is 10.5. The largest absolute Gasteiger partial charge is 0.405 e. The maximum absolute atomic E-state index is 13.4. The van der Waals surface area contributed by atoms with Gasteiger partial charge in [0.05, 0.1) is 11.8 Å². The third-order valence-electron chi connectivity index (χ3n) is 7.01. The van der Waals surface area contributed by atoms with Gasteiger partial charge < -0.3 is 9.47 Å². The molecule has 6 nitrogen and oxygen atoms in total. The Bertz CT molecular complexity index is 1250. The quantitative estimate of drug-likeness (QED) is 0.596. The van der Waals surface area contributed by atoms with Crippen molar-refractivity contribution < 1.29 is 19.1 Å². The zero-order valence-electron chi connectivity index (χ0n) is 16.8. The topological polar surface area (TPSA) is 77.3 Å². The van der Waals surface area contributed by atoms with Crippen LogP contribution in [0.1, 0.15) is 34.1 Å². The van der Waals surface area contributed by atoms with Gasteiger partial charge in [0.25, 0.3) is 0 Å². The van der Waals surface area contributed by atoms with Crippen LogP contribution in [0.15, 0.2) is 94.9 Å². The van der Waals surface area contributed by atoms with Gasteiger partial charge >= 0.3 is 11.9 Å². The zero-order chi connectivity index (χ0) is 21.5. The van der Waals surface area contributed by atoms with Gasteiger partial charge in [-0.25, -0.2) is 19.6 Å². The van der Waals surface area contributed by atoms with E-state index in [0.717, 1.165) is 22.3 Å². The van der Waals surface area contributed by atoms with Gasteiger partial charge in [0, 0.05) is 11.1 Å². The Morgan fingerprint density at radius 2 is 0.938 bits per heavy atom. The number of esters is 2. The van der Waals surface area contributed by atoms with Crippen LogP contribution in [-0.2, 0) is 19.1 Å². The van der Waals surface area contributed by atoms with E-state index in [4.69, 9.17) is 19.5 Å². The van der Waals surface area contributed by atoms with Crippen LogP contribution in [0.3, 0.4) is 0 Å². The molecule has 6 heteroatoms. The summed E-state index contributed by atoms with van der Waals surface area (Å²) in [6, 6.07) is 26.5. The molecule has 154 valence electrons. The second-order valence-corrected chi connectivity index (χ2v) is 8.53. The van der Waals surface area contributed by atoms with Crippen LogP contribution >= 0.6 is 0 Å². The summed E-state index contributed by atoms with van der Waals surface area (Å²) in [7, 11) is 0. The van der Waals surface area contributed by atoms with Crippen molar-refractivity contribution in [1.82, 2.24) is 0 Å². The molecule has 0 atom stereocenters. The molecule has 0 radical (unpaired) electrons. The third-order valence-corrected chi connectivity index (χ3v) is 7.01. The van der Waals surface area contributed by atoms with Crippen molar-refractivity contribution in [3.63, 3.8) is 0 Å². The standard InChI is InChI=1S/C26H16N2O4/c29-23-25(27-21(31-23)17-7-3-1-4-8-17)19-15-11-12-16(14-13-15)20(25)26(19)24(30)32-22(28-26)18-9-5-2-6-10-18/h1-14,19-20H. The van der Waals surface area contributed by atoms with Gasteiger partial charge in [-0.1, -0.05) is 60.7 Å². The number of rotatable bonds is 2. The number of cyclic esters (lactones) is 2. The fourth-order valence-electron chi connectivity index (χ4n) is 5.76. The summed E-state index contributed by atoms with van der Waals surface area (Å²) in [5.74, 6) is -1.54. The van der Waals surface area contributed by atoms with E-state index in [0.29, 0.717) is 0 Å². The molecular weight excluding hydrogens is 404 g/mol. The molecule has 1 fully saturated rings. The molecule has 0 saturated heterocycles. The van der Waals surface area contributed by atoms with Gasteiger partial charge in [-0.15, -0.1) is 0 Å². The molecule has 2 spiro atoms. The summed E-state index contributed by atoms with van der Waals surface area (Å²) in [5, 5.41) is 0. The normalized spacial score (nSPS) is 31.1. The molecule has 5 aliphatic carbocycles. The molecule has 4 bridgehead atoms. The van der Waals surface area contributed by atoms with Crippen LogP contribution in [0.4, 0.5) is 0 Å². The van der Waals surface area contributed by atoms with Crippen molar-refractivity contribution in [2.24, 2.45) is 9.98 Å². The van der Waals surface area contributed by atoms with Crippen molar-refractivity contribution in [1.29, 1.82) is 0 Å². The highest BCUT2D eigenvalue weighted by molar-refractivity contribution is 6.15. The Morgan fingerprint density at radius 1 is 0.562 bits per heavy atom. The lowest BCUT2D eigenvalue weighted by atomic mass is 9.45. The second kappa shape index (κ2) is 5.79. The summed E-state index contributed by atoms with van der Waals surface area (Å²) < 4.78 is 11.4. The number of nitrogens with zero attached hydrogens (tertiary/aromatic N) is 2. The van der Waals surface area contributed by atoms with Crippen LogP contribution in [0.5, 0.6) is 0 Å². The van der Waals surface area contributed by atoms with E-state index in [1.165, 1.54) is 0 Å². The monoisotopic (exact) mass is 420 g/mol. The number of ether oxygens (including phenoxy) is 2. The molecule has 32 heavy (non-hydrogen) atoms. The van der Waals surface area contributed by atoms with Gasteiger partial charge in [-0.2, -0.15) is 0 Å².